The van der Waals surface area contributed by atoms with Gasteiger partial charge in [-0.25, -0.2) is 0 Å². The van der Waals surface area contributed by atoms with Crippen LogP contribution in [0.25, 0.3) is 0 Å². The predicted molar refractivity (Wildman–Crippen MR) is 115 cm³/mol. The van der Waals surface area contributed by atoms with Crippen LogP contribution in [0.4, 0.5) is 5.69 Å². The Labute approximate surface area is 170 Å². The lowest BCUT2D eigenvalue weighted by molar-refractivity contribution is 0.102. The molecule has 0 unspecified atom stereocenters. The Balaban J connectivity index is 1.46. The second kappa shape index (κ2) is 8.59. The Morgan fingerprint density at radius 1 is 1.07 bits per heavy atom. The highest BCUT2D eigenvalue weighted by molar-refractivity contribution is 8.00. The molecule has 2 aromatic carbocycles. The van der Waals surface area contributed by atoms with E-state index in [9.17, 15) is 4.79 Å². The lowest BCUT2D eigenvalue weighted by Crippen LogP contribution is -2.39. The third-order valence-corrected chi connectivity index (χ3v) is 5.90. The molecule has 0 aliphatic carbocycles. The second-order valence-electron chi connectivity index (χ2n) is 7.05. The highest BCUT2D eigenvalue weighted by Gasteiger charge is 2.21. The lowest BCUT2D eigenvalue weighted by Gasteiger charge is -2.36. The van der Waals surface area contributed by atoms with Crippen LogP contribution in [0.15, 0.2) is 78.0 Å². The maximum absolute atomic E-state index is 12.7. The van der Waals surface area contributed by atoms with Crippen LogP contribution < -0.4 is 4.90 Å². The van der Waals surface area contributed by atoms with Crippen molar-refractivity contribution in [1.29, 1.82) is 0 Å². The molecule has 3 aromatic rings. The molecule has 0 amide bonds. The normalized spacial score (nSPS) is 14.0. The molecule has 0 spiro atoms. The van der Waals surface area contributed by atoms with Gasteiger partial charge in [-0.3, -0.25) is 14.7 Å². The van der Waals surface area contributed by atoms with Crippen LogP contribution in [-0.2, 0) is 13.1 Å². The van der Waals surface area contributed by atoms with Crippen molar-refractivity contribution in [2.24, 2.45) is 0 Å². The molecule has 0 bridgehead atoms. The van der Waals surface area contributed by atoms with Crippen LogP contribution in [0, 0.1) is 0 Å². The Bertz CT molecular complexity index is 947. The zero-order valence-corrected chi connectivity index (χ0v) is 16.7. The molecule has 2 heterocycles. The minimum absolute atomic E-state index is 0.160. The fourth-order valence-corrected chi connectivity index (χ4v) is 4.32. The van der Waals surface area contributed by atoms with Gasteiger partial charge in [0.15, 0.2) is 5.78 Å². The fourth-order valence-electron chi connectivity index (χ4n) is 3.54. The molecule has 4 nitrogen and oxygen atoms in total. The van der Waals surface area contributed by atoms with E-state index in [1.54, 1.807) is 24.2 Å². The minimum Gasteiger partial charge on any atom is -0.361 e. The van der Waals surface area contributed by atoms with E-state index >= 15 is 0 Å². The number of rotatable bonds is 6. The number of anilines is 1. The number of nitrogens with zero attached hydrogens (tertiary/aromatic N) is 3. The number of carbonyl (C=O) groups excluding carboxylic acids is 1. The Morgan fingerprint density at radius 2 is 1.86 bits per heavy atom. The summed E-state index contributed by atoms with van der Waals surface area (Å²) < 4.78 is 0. The van der Waals surface area contributed by atoms with Crippen molar-refractivity contribution in [3.8, 4) is 0 Å². The van der Waals surface area contributed by atoms with Crippen molar-refractivity contribution in [1.82, 2.24) is 9.88 Å². The maximum atomic E-state index is 12.7. The van der Waals surface area contributed by atoms with E-state index < -0.39 is 0 Å². The van der Waals surface area contributed by atoms with Crippen molar-refractivity contribution in [2.75, 3.05) is 24.4 Å². The highest BCUT2D eigenvalue weighted by Crippen LogP contribution is 2.29. The molecule has 0 saturated carbocycles. The molecule has 1 aromatic heterocycles. The van der Waals surface area contributed by atoms with E-state index in [4.69, 9.17) is 0 Å². The average molecular weight is 390 g/mol. The standard InChI is InChI=1S/C23H23N3OS/c1-25-17-26(14-18-5-3-2-4-6-18)15-20-13-19(7-8-22(20)25)23(27)16-28-21-9-11-24-12-10-21/h2-13H,14-17H2,1H3. The van der Waals surface area contributed by atoms with E-state index in [2.05, 4.69) is 58.2 Å². The van der Waals surface area contributed by atoms with E-state index in [1.807, 2.05) is 24.3 Å². The molecule has 1 aliphatic rings. The molecule has 28 heavy (non-hydrogen) atoms. The lowest BCUT2D eigenvalue weighted by atomic mass is 10.0. The summed E-state index contributed by atoms with van der Waals surface area (Å²) in [6, 6.07) is 20.5. The molecule has 5 heteroatoms. The van der Waals surface area contributed by atoms with E-state index in [0.717, 1.165) is 30.2 Å². The zero-order valence-electron chi connectivity index (χ0n) is 15.9. The minimum atomic E-state index is 0.160. The van der Waals surface area contributed by atoms with Crippen molar-refractivity contribution >= 4 is 23.2 Å². The SMILES string of the molecule is CN1CN(Cc2ccccc2)Cc2cc(C(=O)CSc3ccncc3)ccc21. The molecule has 0 radical (unpaired) electrons. The number of hydrogen-bond acceptors (Lipinski definition) is 5. The summed E-state index contributed by atoms with van der Waals surface area (Å²) in [4.78, 5) is 22.4. The monoisotopic (exact) mass is 389 g/mol. The number of pyridine rings is 1. The number of ketones is 1. The van der Waals surface area contributed by atoms with E-state index in [-0.39, 0.29) is 5.78 Å². The Morgan fingerprint density at radius 3 is 2.64 bits per heavy atom. The van der Waals surface area contributed by atoms with Gasteiger partial charge < -0.3 is 4.90 Å². The number of carbonyl (C=O) groups is 1. The summed E-state index contributed by atoms with van der Waals surface area (Å²) in [5, 5.41) is 0. The molecular formula is C23H23N3OS. The first-order chi connectivity index (χ1) is 13.7. The summed E-state index contributed by atoms with van der Waals surface area (Å²) >= 11 is 1.55. The summed E-state index contributed by atoms with van der Waals surface area (Å²) in [6.45, 7) is 2.64. The van der Waals surface area contributed by atoms with Crippen molar-refractivity contribution in [3.05, 3.63) is 89.7 Å². The number of benzene rings is 2. The van der Waals surface area contributed by atoms with Crippen molar-refractivity contribution in [2.45, 2.75) is 18.0 Å². The van der Waals surface area contributed by atoms with Crippen LogP contribution in [-0.4, -0.2) is 35.1 Å². The first-order valence-electron chi connectivity index (χ1n) is 9.35. The average Bonchev–Trinajstić information content (AvgIpc) is 2.73. The van der Waals surface area contributed by atoms with Gasteiger partial charge in [0.05, 0.1) is 12.4 Å². The zero-order chi connectivity index (χ0) is 19.3. The largest absolute Gasteiger partial charge is 0.361 e. The van der Waals surface area contributed by atoms with Crippen LogP contribution in [0.2, 0.25) is 0 Å². The molecule has 1 aliphatic heterocycles. The highest BCUT2D eigenvalue weighted by atomic mass is 32.2. The van der Waals surface area contributed by atoms with Crippen molar-refractivity contribution < 1.29 is 4.79 Å². The first kappa shape index (κ1) is 18.7. The number of thioether (sulfide) groups is 1. The van der Waals surface area contributed by atoms with Gasteiger partial charge in [-0.1, -0.05) is 30.3 Å². The van der Waals surface area contributed by atoms with Gasteiger partial charge in [0.2, 0.25) is 0 Å². The van der Waals surface area contributed by atoms with Gasteiger partial charge in [0.1, 0.15) is 0 Å². The molecule has 0 saturated heterocycles. The maximum Gasteiger partial charge on any atom is 0.173 e. The van der Waals surface area contributed by atoms with Crippen LogP contribution in [0.1, 0.15) is 21.5 Å². The van der Waals surface area contributed by atoms with E-state index in [0.29, 0.717) is 5.75 Å². The smallest absolute Gasteiger partial charge is 0.173 e. The van der Waals surface area contributed by atoms with Gasteiger partial charge >= 0.3 is 0 Å². The van der Waals surface area contributed by atoms with Gasteiger partial charge in [-0.2, -0.15) is 0 Å². The van der Waals surface area contributed by atoms with Gasteiger partial charge in [-0.05, 0) is 41.5 Å². The van der Waals surface area contributed by atoms with E-state index in [1.165, 1.54) is 16.8 Å². The van der Waals surface area contributed by atoms with Crippen LogP contribution in [0.3, 0.4) is 0 Å². The second-order valence-corrected chi connectivity index (χ2v) is 8.10. The number of aromatic nitrogens is 1. The quantitative estimate of drug-likeness (QED) is 0.459. The summed E-state index contributed by atoms with van der Waals surface area (Å²) in [5.74, 6) is 0.597. The Hall–Kier alpha value is -2.63. The number of fused-ring (bicyclic) bond motifs is 1. The molecular weight excluding hydrogens is 366 g/mol. The van der Waals surface area contributed by atoms with Gasteiger partial charge in [0, 0.05) is 48.7 Å². The molecule has 0 atom stereocenters. The fraction of sp³-hybridized carbons (Fsp3) is 0.217. The number of hydrogen-bond donors (Lipinski definition) is 0. The molecule has 0 fully saturated rings. The van der Waals surface area contributed by atoms with Crippen LogP contribution in [0.5, 0.6) is 0 Å². The number of Topliss-reactive ketones (excluding diaryl/α,β-unsaturated/α-hetero) is 1. The molecule has 142 valence electrons. The van der Waals surface area contributed by atoms with Crippen LogP contribution >= 0.6 is 11.8 Å². The van der Waals surface area contributed by atoms with Crippen molar-refractivity contribution in [3.63, 3.8) is 0 Å². The molecule has 0 N–H and O–H groups in total. The predicted octanol–water partition coefficient (Wildman–Crippen LogP) is 4.47. The van der Waals surface area contributed by atoms with Gasteiger partial charge in [-0.15, -0.1) is 11.8 Å². The summed E-state index contributed by atoms with van der Waals surface area (Å²) in [5.41, 5.74) is 4.52. The topological polar surface area (TPSA) is 36.4 Å². The van der Waals surface area contributed by atoms with Gasteiger partial charge in [0.25, 0.3) is 0 Å². The summed E-state index contributed by atoms with van der Waals surface area (Å²) in [6.07, 6.45) is 3.51. The Kier molecular flexibility index (Phi) is 5.74. The molecule has 4 rings (SSSR count). The summed E-state index contributed by atoms with van der Waals surface area (Å²) in [7, 11) is 2.11. The third kappa shape index (κ3) is 4.43. The first-order valence-corrected chi connectivity index (χ1v) is 10.3. The third-order valence-electron chi connectivity index (χ3n) is 4.89.